The molecule has 17 heteroatoms. The molecule has 6 rings (SSSR count). The van der Waals surface area contributed by atoms with Gasteiger partial charge in [0, 0.05) is 35.4 Å². The third-order valence-corrected chi connectivity index (χ3v) is 8.25. The molecule has 2 aliphatic heterocycles. The number of ether oxygens (including phenoxy) is 2. The molecule has 2 aliphatic rings. The maximum Gasteiger partial charge on any atom is 0.416 e. The minimum absolute atomic E-state index is 0.321. The fourth-order valence-corrected chi connectivity index (χ4v) is 5.61. The first-order valence-corrected chi connectivity index (χ1v) is 16.0. The number of fused-ring (bicyclic) bond motifs is 2. The Bertz CT molecular complexity index is 1770. The first-order chi connectivity index (χ1) is 23.1. The summed E-state index contributed by atoms with van der Waals surface area (Å²) < 4.78 is 87.8. The Labute approximate surface area is 291 Å². The molecule has 0 amide bonds. The highest BCUT2D eigenvalue weighted by Crippen LogP contribution is 2.36. The van der Waals surface area contributed by atoms with Crippen LogP contribution in [0.3, 0.4) is 0 Å². The van der Waals surface area contributed by atoms with Gasteiger partial charge in [0.15, 0.2) is 0 Å². The number of alkyl halides is 6. The van der Waals surface area contributed by atoms with Gasteiger partial charge in [0.05, 0.1) is 36.7 Å². The molecule has 4 aromatic rings. The van der Waals surface area contributed by atoms with Crippen molar-refractivity contribution in [2.24, 2.45) is 0 Å². The lowest BCUT2D eigenvalue weighted by atomic mass is 10.1. The van der Waals surface area contributed by atoms with Gasteiger partial charge in [0.2, 0.25) is 0 Å². The van der Waals surface area contributed by atoms with Gasteiger partial charge in [-0.1, -0.05) is 0 Å². The molecule has 1 N–H and O–H groups in total. The number of nitrogens with one attached hydrogen (secondary N) is 1. The first-order valence-electron chi connectivity index (χ1n) is 14.9. The molecule has 0 unspecified atom stereocenters. The SMILES string of the molecule is COC(=O)c1c(C)nn2c1N(c1ccc(C(F)(F)F)cc1)CCC2.COC(=O)c1c(C)nn2c1NCCC2.FC(F)(F)c1ccc(I)cc1. The molecule has 0 saturated carbocycles. The van der Waals surface area contributed by atoms with Crippen molar-refractivity contribution in [3.63, 3.8) is 0 Å². The zero-order valence-corrected chi connectivity index (χ0v) is 29.0. The highest BCUT2D eigenvalue weighted by molar-refractivity contribution is 14.1. The molecule has 0 saturated heterocycles. The summed E-state index contributed by atoms with van der Waals surface area (Å²) in [5.74, 6) is 0.525. The average molecular weight is 807 g/mol. The van der Waals surface area contributed by atoms with Gasteiger partial charge >= 0.3 is 24.3 Å². The molecule has 4 heterocycles. The van der Waals surface area contributed by atoms with Gasteiger partial charge in [-0.05, 0) is 97.8 Å². The van der Waals surface area contributed by atoms with Gasteiger partial charge in [-0.15, -0.1) is 0 Å². The monoisotopic (exact) mass is 806 g/mol. The second-order valence-corrected chi connectivity index (χ2v) is 12.1. The second-order valence-electron chi connectivity index (χ2n) is 10.9. The topological polar surface area (TPSA) is 104 Å². The molecule has 49 heavy (non-hydrogen) atoms. The zero-order chi connectivity index (χ0) is 36.1. The van der Waals surface area contributed by atoms with Crippen molar-refractivity contribution in [1.82, 2.24) is 19.6 Å². The smallest absolute Gasteiger partial charge is 0.416 e. The number of halogens is 7. The number of aryl methyl sites for hydroxylation is 4. The van der Waals surface area contributed by atoms with Crippen molar-refractivity contribution in [3.05, 3.63) is 85.7 Å². The Balaban J connectivity index is 0.000000183. The second kappa shape index (κ2) is 15.5. The number of esters is 2. The summed E-state index contributed by atoms with van der Waals surface area (Å²) in [5, 5.41) is 11.8. The molecule has 0 spiro atoms. The minimum atomic E-state index is -4.38. The number of nitrogens with zero attached hydrogens (tertiary/aromatic N) is 5. The normalized spacial score (nSPS) is 13.8. The van der Waals surface area contributed by atoms with Crippen molar-refractivity contribution in [2.75, 3.05) is 37.5 Å². The molecule has 2 aromatic heterocycles. The van der Waals surface area contributed by atoms with Gasteiger partial charge in [-0.3, -0.25) is 0 Å². The van der Waals surface area contributed by atoms with E-state index < -0.39 is 29.4 Å². The standard InChI is InChI=1S/C16H16F3N3O2.C9H13N3O2.C7H4F3I/c1-10-13(15(23)24-2)14-21(8-3-9-22(14)20-10)12-6-4-11(5-7-12)16(17,18)19;1-6-7(9(13)14-2)8-10-4-3-5-12(8)11-6;8-7(9,10)5-1-3-6(11)4-2-5/h4-7H,3,8-9H2,1-2H3;10H,3-5H2,1-2H3;1-4H. The Hall–Kier alpha value is -4.29. The molecule has 0 atom stereocenters. The number of methoxy groups -OCH3 is 2. The van der Waals surface area contributed by atoms with E-state index >= 15 is 0 Å². The number of hydrogen-bond acceptors (Lipinski definition) is 8. The predicted octanol–water partition coefficient (Wildman–Crippen LogP) is 7.64. The fraction of sp³-hybridized carbons (Fsp3) is 0.375. The molecule has 2 aromatic carbocycles. The summed E-state index contributed by atoms with van der Waals surface area (Å²) in [5.41, 5.74) is 1.44. The quantitative estimate of drug-likeness (QED) is 0.128. The van der Waals surface area contributed by atoms with Crippen LogP contribution in [0.4, 0.5) is 43.7 Å². The Morgan fingerprint density at radius 1 is 0.735 bits per heavy atom. The summed E-state index contributed by atoms with van der Waals surface area (Å²) in [4.78, 5) is 25.3. The predicted molar refractivity (Wildman–Crippen MR) is 177 cm³/mol. The number of carbonyl (C=O) groups is 2. The minimum Gasteiger partial charge on any atom is -0.465 e. The van der Waals surface area contributed by atoms with Crippen molar-refractivity contribution in [2.45, 2.75) is 52.1 Å². The highest BCUT2D eigenvalue weighted by Gasteiger charge is 2.33. The van der Waals surface area contributed by atoms with Gasteiger partial charge in [-0.25, -0.2) is 19.0 Å². The molecule has 10 nitrogen and oxygen atoms in total. The summed E-state index contributed by atoms with van der Waals surface area (Å²) >= 11 is 1.96. The number of aromatic nitrogens is 4. The molecule has 0 aliphatic carbocycles. The van der Waals surface area contributed by atoms with Crippen molar-refractivity contribution < 1.29 is 45.4 Å². The van der Waals surface area contributed by atoms with E-state index in [0.717, 1.165) is 65.3 Å². The van der Waals surface area contributed by atoms with Crippen molar-refractivity contribution in [3.8, 4) is 0 Å². The zero-order valence-electron chi connectivity index (χ0n) is 26.9. The van der Waals surface area contributed by atoms with Gasteiger partial charge in [0.1, 0.15) is 22.8 Å². The molecule has 0 bridgehead atoms. The molecule has 0 fully saturated rings. The van der Waals surface area contributed by atoms with Crippen molar-refractivity contribution in [1.29, 1.82) is 0 Å². The van der Waals surface area contributed by atoms with Crippen LogP contribution in [0.25, 0.3) is 0 Å². The number of carbonyl (C=O) groups excluding carboxylic acids is 2. The average Bonchev–Trinajstić information content (AvgIpc) is 3.59. The third-order valence-electron chi connectivity index (χ3n) is 7.53. The van der Waals surface area contributed by atoms with Crippen LogP contribution in [0, 0.1) is 17.4 Å². The van der Waals surface area contributed by atoms with Crippen LogP contribution in [0.5, 0.6) is 0 Å². The van der Waals surface area contributed by atoms with Crippen molar-refractivity contribution >= 4 is 51.9 Å². The van der Waals surface area contributed by atoms with Crippen LogP contribution < -0.4 is 10.2 Å². The number of rotatable bonds is 3. The number of hydrogen-bond donors (Lipinski definition) is 1. The number of benzene rings is 2. The van der Waals surface area contributed by atoms with Gasteiger partial charge in [0.25, 0.3) is 0 Å². The lowest BCUT2D eigenvalue weighted by molar-refractivity contribution is -0.138. The largest absolute Gasteiger partial charge is 0.465 e. The summed E-state index contributed by atoms with van der Waals surface area (Å²) in [6.45, 7) is 6.50. The van der Waals surface area contributed by atoms with Crippen LogP contribution in [-0.4, -0.2) is 58.8 Å². The third kappa shape index (κ3) is 8.85. The van der Waals surface area contributed by atoms with Crippen LogP contribution >= 0.6 is 22.6 Å². The molecular formula is C32H33F6IN6O4. The van der Waals surface area contributed by atoms with Crippen LogP contribution in [0.1, 0.15) is 56.1 Å². The summed E-state index contributed by atoms with van der Waals surface area (Å²) in [6, 6.07) is 9.89. The van der Waals surface area contributed by atoms with Crippen LogP contribution in [0.2, 0.25) is 0 Å². The maximum atomic E-state index is 12.7. The Kier molecular flexibility index (Phi) is 11.9. The van der Waals surface area contributed by atoms with E-state index in [1.54, 1.807) is 16.5 Å². The van der Waals surface area contributed by atoms with Gasteiger partial charge < -0.3 is 19.7 Å². The van der Waals surface area contributed by atoms with E-state index in [1.165, 1.54) is 38.5 Å². The Morgan fingerprint density at radius 3 is 1.78 bits per heavy atom. The maximum absolute atomic E-state index is 12.7. The fourth-order valence-electron chi connectivity index (χ4n) is 5.25. The van der Waals surface area contributed by atoms with E-state index in [0.29, 0.717) is 41.4 Å². The summed E-state index contributed by atoms with van der Waals surface area (Å²) in [7, 11) is 2.67. The van der Waals surface area contributed by atoms with E-state index in [1.807, 2.05) is 34.2 Å². The lowest BCUT2D eigenvalue weighted by Gasteiger charge is -2.30. The van der Waals surface area contributed by atoms with E-state index in [2.05, 4.69) is 15.5 Å². The molecule has 0 radical (unpaired) electrons. The molecule has 264 valence electrons. The Morgan fingerprint density at radius 2 is 1.22 bits per heavy atom. The summed E-state index contributed by atoms with van der Waals surface area (Å²) in [6.07, 6.45) is -6.79. The van der Waals surface area contributed by atoms with Crippen LogP contribution in [-0.2, 0) is 34.9 Å². The highest BCUT2D eigenvalue weighted by atomic mass is 127. The van der Waals surface area contributed by atoms with E-state index in [4.69, 9.17) is 9.47 Å². The van der Waals surface area contributed by atoms with Crippen LogP contribution in [0.15, 0.2) is 48.5 Å². The van der Waals surface area contributed by atoms with Gasteiger partial charge in [-0.2, -0.15) is 36.5 Å². The number of anilines is 3. The lowest BCUT2D eigenvalue weighted by Crippen LogP contribution is -2.29. The molecular weight excluding hydrogens is 773 g/mol. The first kappa shape index (κ1) is 37.5. The van der Waals surface area contributed by atoms with E-state index in [9.17, 15) is 35.9 Å². The van der Waals surface area contributed by atoms with E-state index in [-0.39, 0.29) is 5.97 Å².